The molecule has 0 spiro atoms. The van der Waals surface area contributed by atoms with E-state index in [2.05, 4.69) is 29.2 Å². The molecule has 1 atom stereocenters. The summed E-state index contributed by atoms with van der Waals surface area (Å²) in [6, 6.07) is 24.4. The van der Waals surface area contributed by atoms with Crippen molar-refractivity contribution >= 4 is 11.6 Å². The van der Waals surface area contributed by atoms with Crippen molar-refractivity contribution in [3.63, 3.8) is 0 Å². The Hall–Kier alpha value is -3.51. The van der Waals surface area contributed by atoms with Gasteiger partial charge in [-0.15, -0.1) is 0 Å². The third kappa shape index (κ3) is 5.49. The predicted octanol–water partition coefficient (Wildman–Crippen LogP) is 5.47. The Morgan fingerprint density at radius 2 is 1.67 bits per heavy atom. The molecule has 2 aliphatic heterocycles. The summed E-state index contributed by atoms with van der Waals surface area (Å²) >= 11 is 0. The lowest BCUT2D eigenvalue weighted by Crippen LogP contribution is -2.42. The van der Waals surface area contributed by atoms with Crippen molar-refractivity contribution in [3.8, 4) is 5.75 Å². The lowest BCUT2D eigenvalue weighted by atomic mass is 9.90. The van der Waals surface area contributed by atoms with E-state index in [0.29, 0.717) is 24.4 Å². The van der Waals surface area contributed by atoms with Gasteiger partial charge in [-0.1, -0.05) is 48.5 Å². The van der Waals surface area contributed by atoms with Crippen LogP contribution in [-0.2, 0) is 11.2 Å². The molecule has 5 rings (SSSR count). The number of hydrazone groups is 1. The first-order chi connectivity index (χ1) is 17.6. The number of likely N-dealkylation sites (tertiary alicyclic amines) is 1. The fourth-order valence-corrected chi connectivity index (χ4v) is 5.25. The molecule has 36 heavy (non-hydrogen) atoms. The predicted molar refractivity (Wildman–Crippen MR) is 139 cm³/mol. The van der Waals surface area contributed by atoms with Crippen LogP contribution >= 0.6 is 0 Å². The molecule has 3 aromatic rings. The summed E-state index contributed by atoms with van der Waals surface area (Å²) in [5.74, 6) is 0.990. The highest BCUT2D eigenvalue weighted by Crippen LogP contribution is 2.34. The van der Waals surface area contributed by atoms with Gasteiger partial charge in [-0.3, -0.25) is 9.69 Å². The molecule has 5 nitrogen and oxygen atoms in total. The number of ether oxygens (including phenoxy) is 1. The molecule has 0 aromatic heterocycles. The molecular formula is C30H32FN3O2. The van der Waals surface area contributed by atoms with Crippen LogP contribution in [-0.4, -0.2) is 48.3 Å². The third-order valence-corrected chi connectivity index (χ3v) is 7.29. The number of hydrogen-bond acceptors (Lipinski definition) is 4. The number of nitrogens with zero attached hydrogens (tertiary/aromatic N) is 3. The van der Waals surface area contributed by atoms with E-state index in [1.54, 1.807) is 19.2 Å². The average Bonchev–Trinajstić information content (AvgIpc) is 3.36. The van der Waals surface area contributed by atoms with Gasteiger partial charge in [0.1, 0.15) is 11.6 Å². The maximum Gasteiger partial charge on any atom is 0.257 e. The highest BCUT2D eigenvalue weighted by Gasteiger charge is 2.35. The van der Waals surface area contributed by atoms with E-state index in [1.807, 2.05) is 36.4 Å². The number of halogens is 1. The van der Waals surface area contributed by atoms with Gasteiger partial charge in [0.05, 0.1) is 25.4 Å². The molecule has 1 saturated heterocycles. The number of hydrogen-bond donors (Lipinski definition) is 0. The van der Waals surface area contributed by atoms with Gasteiger partial charge in [0.15, 0.2) is 0 Å². The van der Waals surface area contributed by atoms with Crippen LogP contribution < -0.4 is 4.74 Å². The molecule has 0 bridgehead atoms. The fraction of sp³-hybridized carbons (Fsp3) is 0.333. The zero-order valence-corrected chi connectivity index (χ0v) is 20.6. The van der Waals surface area contributed by atoms with Crippen LogP contribution in [0.4, 0.5) is 4.39 Å². The van der Waals surface area contributed by atoms with E-state index in [-0.39, 0.29) is 11.7 Å². The zero-order chi connectivity index (χ0) is 24.9. The van der Waals surface area contributed by atoms with Crippen molar-refractivity contribution in [2.45, 2.75) is 31.7 Å². The minimum atomic E-state index is -0.452. The van der Waals surface area contributed by atoms with Gasteiger partial charge in [0.2, 0.25) is 0 Å². The number of benzene rings is 3. The lowest BCUT2D eigenvalue weighted by Gasteiger charge is -2.33. The molecule has 1 amide bonds. The summed E-state index contributed by atoms with van der Waals surface area (Å²) in [6.07, 6.45) is 3.69. The molecule has 0 saturated carbocycles. The van der Waals surface area contributed by atoms with Gasteiger partial charge in [0, 0.05) is 12.0 Å². The van der Waals surface area contributed by atoms with Crippen molar-refractivity contribution in [2.75, 3.05) is 26.7 Å². The molecule has 0 N–H and O–H groups in total. The molecule has 0 radical (unpaired) electrons. The zero-order valence-electron chi connectivity index (χ0n) is 20.6. The highest BCUT2D eigenvalue weighted by molar-refractivity contribution is 6.03. The third-order valence-electron chi connectivity index (χ3n) is 7.29. The summed E-state index contributed by atoms with van der Waals surface area (Å²) in [7, 11) is 1.63. The van der Waals surface area contributed by atoms with Crippen molar-refractivity contribution in [1.82, 2.24) is 9.91 Å². The van der Waals surface area contributed by atoms with Crippen LogP contribution in [0, 0.1) is 11.7 Å². The Kier molecular flexibility index (Phi) is 7.42. The van der Waals surface area contributed by atoms with Gasteiger partial charge in [-0.25, -0.2) is 9.40 Å². The first-order valence-corrected chi connectivity index (χ1v) is 12.7. The minimum Gasteiger partial charge on any atom is -0.497 e. The van der Waals surface area contributed by atoms with E-state index in [1.165, 1.54) is 16.6 Å². The van der Waals surface area contributed by atoms with Crippen LogP contribution in [0.3, 0.4) is 0 Å². The number of carbonyl (C=O) groups excluding carboxylic acids is 1. The summed E-state index contributed by atoms with van der Waals surface area (Å²) in [6.45, 7) is 2.06. The standard InChI is InChI=1S/C30H32FN3O2/c1-36-25-13-11-24(12-14-25)28-20-29(26-9-5-6-10-27(26)31)34(32-28)30(35)21-33-17-15-23(16-18-33)19-22-7-3-2-4-8-22/h2-14,23,29H,15-21H2,1H3. The largest absolute Gasteiger partial charge is 0.497 e. The number of amides is 1. The summed E-state index contributed by atoms with van der Waals surface area (Å²) in [5.41, 5.74) is 3.56. The average molecular weight is 486 g/mol. The molecule has 2 heterocycles. The van der Waals surface area contributed by atoms with Gasteiger partial charge in [-0.2, -0.15) is 5.10 Å². The molecule has 1 fully saturated rings. The second kappa shape index (κ2) is 11.0. The molecule has 0 aliphatic carbocycles. The highest BCUT2D eigenvalue weighted by atomic mass is 19.1. The smallest absolute Gasteiger partial charge is 0.257 e. The second-order valence-corrected chi connectivity index (χ2v) is 9.66. The first-order valence-electron chi connectivity index (χ1n) is 12.7. The Labute approximate surface area is 212 Å². The van der Waals surface area contributed by atoms with Crippen LogP contribution in [0.1, 0.15) is 42.0 Å². The number of methoxy groups -OCH3 is 1. The Morgan fingerprint density at radius 1 is 0.972 bits per heavy atom. The van der Waals surface area contributed by atoms with Gasteiger partial charge in [0.25, 0.3) is 5.91 Å². The van der Waals surface area contributed by atoms with Gasteiger partial charge in [-0.05, 0) is 79.7 Å². The molecular weight excluding hydrogens is 453 g/mol. The van der Waals surface area contributed by atoms with E-state index >= 15 is 0 Å². The van der Waals surface area contributed by atoms with Crippen LogP contribution in [0.25, 0.3) is 0 Å². The number of carbonyl (C=O) groups is 1. The normalized spacial score (nSPS) is 18.8. The van der Waals surface area contributed by atoms with E-state index < -0.39 is 6.04 Å². The summed E-state index contributed by atoms with van der Waals surface area (Å²) in [5, 5.41) is 6.22. The molecule has 6 heteroatoms. The van der Waals surface area contributed by atoms with Crippen molar-refractivity contribution in [1.29, 1.82) is 0 Å². The summed E-state index contributed by atoms with van der Waals surface area (Å²) in [4.78, 5) is 15.7. The van der Waals surface area contributed by atoms with Crippen LogP contribution in [0.15, 0.2) is 84.0 Å². The van der Waals surface area contributed by atoms with Gasteiger partial charge >= 0.3 is 0 Å². The van der Waals surface area contributed by atoms with E-state index in [9.17, 15) is 9.18 Å². The number of rotatable bonds is 7. The van der Waals surface area contributed by atoms with Gasteiger partial charge < -0.3 is 4.74 Å². The SMILES string of the molecule is COc1ccc(C2=NN(C(=O)CN3CCC(Cc4ccccc4)CC3)C(c3ccccc3F)C2)cc1. The minimum absolute atomic E-state index is 0.0896. The molecule has 1 unspecified atom stereocenters. The Morgan fingerprint density at radius 3 is 2.36 bits per heavy atom. The maximum absolute atomic E-state index is 14.8. The topological polar surface area (TPSA) is 45.1 Å². The van der Waals surface area contributed by atoms with Crippen LogP contribution in [0.5, 0.6) is 5.75 Å². The molecule has 2 aliphatic rings. The lowest BCUT2D eigenvalue weighted by molar-refractivity contribution is -0.134. The molecule has 3 aromatic carbocycles. The molecule has 186 valence electrons. The van der Waals surface area contributed by atoms with Crippen molar-refractivity contribution in [2.24, 2.45) is 11.0 Å². The maximum atomic E-state index is 14.8. The second-order valence-electron chi connectivity index (χ2n) is 9.66. The Balaban J connectivity index is 1.28. The van der Waals surface area contributed by atoms with Crippen LogP contribution in [0.2, 0.25) is 0 Å². The number of piperidine rings is 1. The monoisotopic (exact) mass is 485 g/mol. The van der Waals surface area contributed by atoms with E-state index in [0.717, 1.165) is 49.4 Å². The van der Waals surface area contributed by atoms with E-state index in [4.69, 9.17) is 9.84 Å². The first kappa shape index (κ1) is 24.2. The Bertz CT molecular complexity index is 1200. The fourth-order valence-electron chi connectivity index (χ4n) is 5.25. The quantitative estimate of drug-likeness (QED) is 0.446. The van der Waals surface area contributed by atoms with Crippen molar-refractivity contribution in [3.05, 3.63) is 101 Å². The summed E-state index contributed by atoms with van der Waals surface area (Å²) < 4.78 is 20.0. The van der Waals surface area contributed by atoms with Crippen molar-refractivity contribution < 1.29 is 13.9 Å².